The average Bonchev–Trinajstić information content (AvgIpc) is 2.05. The molecule has 0 fully saturated rings. The Hall–Kier alpha value is -1.11. The molecule has 2 radical (unpaired) electrons. The Balaban J connectivity index is 2.54. The van der Waals surface area contributed by atoms with Crippen LogP contribution in [0.1, 0.15) is 12.0 Å². The summed E-state index contributed by atoms with van der Waals surface area (Å²) in [6, 6.07) is 8.03. The molecule has 0 N–H and O–H groups in total. The van der Waals surface area contributed by atoms with Crippen molar-refractivity contribution >= 4 is 11.9 Å². The van der Waals surface area contributed by atoms with Gasteiger partial charge in [-0.1, -0.05) is 18.2 Å². The summed E-state index contributed by atoms with van der Waals surface area (Å²) >= 11 is 0. The van der Waals surface area contributed by atoms with Crippen LogP contribution in [0.4, 0.5) is 5.69 Å². The minimum Gasteiger partial charge on any atom is -0.261 e. The van der Waals surface area contributed by atoms with Gasteiger partial charge in [0.1, 0.15) is 0 Å². The second-order valence-electron chi connectivity index (χ2n) is 2.21. The Morgan fingerprint density at radius 2 is 2.20 bits per heavy atom. The molecule has 0 aromatic heterocycles. The van der Waals surface area contributed by atoms with Gasteiger partial charge >= 0.3 is 0 Å². The van der Waals surface area contributed by atoms with E-state index in [2.05, 4.69) is 11.4 Å². The van der Waals surface area contributed by atoms with Crippen molar-refractivity contribution in [1.82, 2.24) is 0 Å². The smallest absolute Gasteiger partial charge is 0.0664 e. The van der Waals surface area contributed by atoms with Crippen LogP contribution in [0.3, 0.4) is 0 Å². The van der Waals surface area contributed by atoms with Crippen LogP contribution in [0.15, 0.2) is 29.3 Å². The number of hydrogen-bond acceptors (Lipinski definition) is 1. The van der Waals surface area contributed by atoms with Gasteiger partial charge in [0.05, 0.1) is 5.69 Å². The van der Waals surface area contributed by atoms with Crippen LogP contribution in [0.5, 0.6) is 0 Å². The molecule has 1 heteroatoms. The lowest BCUT2D eigenvalue weighted by Crippen LogP contribution is -1.89. The lowest BCUT2D eigenvalue weighted by molar-refractivity contribution is 1.25. The van der Waals surface area contributed by atoms with Crippen molar-refractivity contribution in [3.8, 4) is 0 Å². The standard InChI is InChI=1S/C9H7N/c1-2-6-9-8(4-1)5-3-7-10-9/h1-2,4,6-7H,3H2. The highest BCUT2D eigenvalue weighted by molar-refractivity contribution is 5.71. The van der Waals surface area contributed by atoms with Gasteiger partial charge in [-0.2, -0.15) is 0 Å². The number of rotatable bonds is 0. The topological polar surface area (TPSA) is 12.4 Å². The largest absolute Gasteiger partial charge is 0.261 e. The first kappa shape index (κ1) is 5.66. The first-order valence-corrected chi connectivity index (χ1v) is 3.32. The maximum absolute atomic E-state index is 4.21. The number of aliphatic imine (C=N–C) groups is 1. The fourth-order valence-corrected chi connectivity index (χ4v) is 1.04. The fourth-order valence-electron chi connectivity index (χ4n) is 1.04. The van der Waals surface area contributed by atoms with Gasteiger partial charge in [-0.15, -0.1) is 0 Å². The van der Waals surface area contributed by atoms with Gasteiger partial charge in [-0.3, -0.25) is 4.99 Å². The van der Waals surface area contributed by atoms with E-state index in [9.17, 15) is 0 Å². The van der Waals surface area contributed by atoms with E-state index in [0.717, 1.165) is 17.7 Å². The Morgan fingerprint density at radius 1 is 1.30 bits per heavy atom. The van der Waals surface area contributed by atoms with Crippen LogP contribution in [0, 0.1) is 6.42 Å². The molecule has 48 valence electrons. The minimum absolute atomic E-state index is 0.844. The third-order valence-corrected chi connectivity index (χ3v) is 1.52. The fraction of sp³-hybridized carbons (Fsp3) is 0.111. The van der Waals surface area contributed by atoms with Crippen molar-refractivity contribution in [2.24, 2.45) is 4.99 Å². The average molecular weight is 129 g/mol. The molecule has 2 rings (SSSR count). The van der Waals surface area contributed by atoms with Gasteiger partial charge in [0.25, 0.3) is 0 Å². The summed E-state index contributed by atoms with van der Waals surface area (Å²) in [5.74, 6) is 0. The lowest BCUT2D eigenvalue weighted by Gasteiger charge is -2.06. The van der Waals surface area contributed by atoms with Crippen molar-refractivity contribution in [1.29, 1.82) is 0 Å². The predicted molar refractivity (Wildman–Crippen MR) is 41.6 cm³/mol. The van der Waals surface area contributed by atoms with Gasteiger partial charge < -0.3 is 0 Å². The SMILES string of the molecule is [C]1CC=Nc2ccccc21. The zero-order chi connectivity index (χ0) is 6.81. The maximum Gasteiger partial charge on any atom is 0.0664 e. The van der Waals surface area contributed by atoms with E-state index >= 15 is 0 Å². The van der Waals surface area contributed by atoms with Crippen LogP contribution < -0.4 is 0 Å². The van der Waals surface area contributed by atoms with Gasteiger partial charge in [-0.05, 0) is 18.1 Å². The van der Waals surface area contributed by atoms with E-state index in [4.69, 9.17) is 0 Å². The molecule has 0 unspecified atom stereocenters. The van der Waals surface area contributed by atoms with Crippen LogP contribution in [0.2, 0.25) is 0 Å². The van der Waals surface area contributed by atoms with Gasteiger partial charge in [0.15, 0.2) is 0 Å². The number of fused-ring (bicyclic) bond motifs is 1. The van der Waals surface area contributed by atoms with E-state index in [0.29, 0.717) is 0 Å². The number of nitrogens with zero attached hydrogens (tertiary/aromatic N) is 1. The van der Waals surface area contributed by atoms with Crippen molar-refractivity contribution < 1.29 is 0 Å². The molecule has 0 amide bonds. The molecule has 0 spiro atoms. The van der Waals surface area contributed by atoms with E-state index in [-0.39, 0.29) is 0 Å². The van der Waals surface area contributed by atoms with Gasteiger partial charge in [0.2, 0.25) is 0 Å². The van der Waals surface area contributed by atoms with Gasteiger partial charge in [0, 0.05) is 12.6 Å². The van der Waals surface area contributed by atoms with Crippen LogP contribution in [-0.2, 0) is 0 Å². The predicted octanol–water partition coefficient (Wildman–Crippen LogP) is 2.22. The Bertz CT molecular complexity index is 263. The maximum atomic E-state index is 4.21. The van der Waals surface area contributed by atoms with Gasteiger partial charge in [-0.25, -0.2) is 0 Å². The highest BCUT2D eigenvalue weighted by atomic mass is 14.7. The summed E-state index contributed by atoms with van der Waals surface area (Å²) < 4.78 is 0. The second kappa shape index (κ2) is 2.25. The van der Waals surface area contributed by atoms with E-state index in [1.165, 1.54) is 0 Å². The molecule has 10 heavy (non-hydrogen) atoms. The summed E-state index contributed by atoms with van der Waals surface area (Å²) in [6.07, 6.45) is 5.93. The molecule has 0 bridgehead atoms. The van der Waals surface area contributed by atoms with Crippen LogP contribution >= 0.6 is 0 Å². The molecule has 1 aromatic rings. The van der Waals surface area contributed by atoms with Crippen LogP contribution in [-0.4, -0.2) is 6.21 Å². The highest BCUT2D eigenvalue weighted by Crippen LogP contribution is 2.23. The molecule has 1 nitrogen and oxygen atoms in total. The molecular formula is C9H7N. The van der Waals surface area contributed by atoms with E-state index in [1.54, 1.807) is 0 Å². The van der Waals surface area contributed by atoms with Crippen molar-refractivity contribution in [2.45, 2.75) is 6.42 Å². The third-order valence-electron chi connectivity index (χ3n) is 1.52. The number of hydrogen-bond donors (Lipinski definition) is 0. The summed E-state index contributed by atoms with van der Waals surface area (Å²) in [4.78, 5) is 4.21. The Morgan fingerprint density at radius 3 is 3.10 bits per heavy atom. The summed E-state index contributed by atoms with van der Waals surface area (Å²) in [5.41, 5.74) is 2.17. The summed E-state index contributed by atoms with van der Waals surface area (Å²) in [7, 11) is 0. The normalized spacial score (nSPS) is 14.8. The lowest BCUT2D eigenvalue weighted by atomic mass is 10.1. The molecule has 0 atom stereocenters. The zero-order valence-corrected chi connectivity index (χ0v) is 5.54. The molecule has 1 aliphatic rings. The monoisotopic (exact) mass is 129 g/mol. The first-order chi connectivity index (χ1) is 4.97. The minimum atomic E-state index is 0.844. The molecule has 0 saturated carbocycles. The molecule has 0 aliphatic carbocycles. The Labute approximate surface area is 60.4 Å². The quantitative estimate of drug-likeness (QED) is 0.509. The summed E-state index contributed by atoms with van der Waals surface area (Å²) in [6.45, 7) is 0. The van der Waals surface area contributed by atoms with Crippen LogP contribution in [0.25, 0.3) is 0 Å². The number of para-hydroxylation sites is 1. The zero-order valence-electron chi connectivity index (χ0n) is 5.54. The molecule has 1 heterocycles. The second-order valence-corrected chi connectivity index (χ2v) is 2.21. The summed E-state index contributed by atoms with van der Waals surface area (Å²) in [5, 5.41) is 0. The molecule has 1 aliphatic heterocycles. The van der Waals surface area contributed by atoms with Crippen molar-refractivity contribution in [3.63, 3.8) is 0 Å². The highest BCUT2D eigenvalue weighted by Gasteiger charge is 2.02. The molecular weight excluding hydrogens is 122 g/mol. The van der Waals surface area contributed by atoms with E-state index < -0.39 is 0 Å². The van der Waals surface area contributed by atoms with Crippen molar-refractivity contribution in [3.05, 3.63) is 36.2 Å². The molecule has 0 saturated heterocycles. The van der Waals surface area contributed by atoms with Crippen molar-refractivity contribution in [2.75, 3.05) is 0 Å². The third kappa shape index (κ3) is 0.838. The van der Waals surface area contributed by atoms with E-state index in [1.807, 2.05) is 30.5 Å². The Kier molecular flexibility index (Phi) is 1.28. The number of benzene rings is 1. The first-order valence-electron chi connectivity index (χ1n) is 3.32. The molecule has 1 aromatic carbocycles.